The maximum Gasteiger partial charge on any atom is 0.159 e. The average Bonchev–Trinajstić information content (AvgIpc) is 2.26. The van der Waals surface area contributed by atoms with Crippen LogP contribution in [-0.4, -0.2) is 17.0 Å². The highest BCUT2D eigenvalue weighted by Gasteiger charge is 1.99. The van der Waals surface area contributed by atoms with Crippen LogP contribution in [0.2, 0.25) is 0 Å². The molecular weight excluding hydrogens is 248 g/mol. The van der Waals surface area contributed by atoms with Gasteiger partial charge in [0, 0.05) is 6.42 Å². The molecule has 0 aromatic carbocycles. The standard InChI is InChI=1S/C18H30O2/c1-14(2)12-18(20)13-16(4)10-6-8-15(3)9-7-11-17(5)19/h9-10,12,17,19H,6-8,11,13H2,1-5H3/b15-9+,16-10+/t17-/m0/s1. The first-order valence-corrected chi connectivity index (χ1v) is 7.48. The molecule has 0 radical (unpaired) electrons. The zero-order valence-corrected chi connectivity index (χ0v) is 13.7. The van der Waals surface area contributed by atoms with Crippen LogP contribution < -0.4 is 0 Å². The summed E-state index contributed by atoms with van der Waals surface area (Å²) in [6.45, 7) is 9.85. The van der Waals surface area contributed by atoms with Crippen LogP contribution >= 0.6 is 0 Å². The molecule has 0 aliphatic carbocycles. The Labute approximate surface area is 124 Å². The Kier molecular flexibility index (Phi) is 10.0. The van der Waals surface area contributed by atoms with Gasteiger partial charge in [-0.3, -0.25) is 4.79 Å². The molecule has 0 aromatic rings. The monoisotopic (exact) mass is 278 g/mol. The minimum absolute atomic E-state index is 0.183. The Bertz CT molecular complexity index is 380. The van der Waals surface area contributed by atoms with Gasteiger partial charge in [0.25, 0.3) is 0 Å². The normalized spacial score (nSPS) is 14.1. The maximum absolute atomic E-state index is 11.6. The number of ketones is 1. The molecule has 0 rings (SSSR count). The smallest absolute Gasteiger partial charge is 0.159 e. The van der Waals surface area contributed by atoms with Crippen molar-refractivity contribution in [1.82, 2.24) is 0 Å². The van der Waals surface area contributed by atoms with Crippen LogP contribution in [0.4, 0.5) is 0 Å². The Morgan fingerprint density at radius 2 is 1.65 bits per heavy atom. The lowest BCUT2D eigenvalue weighted by atomic mass is 10.0. The average molecular weight is 278 g/mol. The van der Waals surface area contributed by atoms with Gasteiger partial charge >= 0.3 is 0 Å². The van der Waals surface area contributed by atoms with Crippen molar-refractivity contribution in [3.8, 4) is 0 Å². The molecule has 0 heterocycles. The molecule has 114 valence electrons. The van der Waals surface area contributed by atoms with Crippen LogP contribution in [-0.2, 0) is 4.79 Å². The quantitative estimate of drug-likeness (QED) is 0.488. The fourth-order valence-corrected chi connectivity index (χ4v) is 1.94. The lowest BCUT2D eigenvalue weighted by Gasteiger charge is -2.03. The molecule has 0 saturated carbocycles. The van der Waals surface area contributed by atoms with E-state index in [9.17, 15) is 9.90 Å². The molecule has 0 spiro atoms. The number of rotatable bonds is 9. The van der Waals surface area contributed by atoms with Crippen LogP contribution in [0.3, 0.4) is 0 Å². The highest BCUT2D eigenvalue weighted by Crippen LogP contribution is 2.11. The summed E-state index contributed by atoms with van der Waals surface area (Å²) in [7, 11) is 0. The molecule has 0 unspecified atom stereocenters. The van der Waals surface area contributed by atoms with Crippen molar-refractivity contribution in [3.63, 3.8) is 0 Å². The fraction of sp³-hybridized carbons (Fsp3) is 0.611. The molecule has 2 heteroatoms. The number of aliphatic hydroxyl groups excluding tert-OH is 1. The van der Waals surface area contributed by atoms with E-state index in [4.69, 9.17) is 0 Å². The molecule has 2 nitrogen and oxygen atoms in total. The van der Waals surface area contributed by atoms with Gasteiger partial charge < -0.3 is 5.11 Å². The number of hydrogen-bond acceptors (Lipinski definition) is 2. The van der Waals surface area contributed by atoms with Crippen molar-refractivity contribution < 1.29 is 9.90 Å². The van der Waals surface area contributed by atoms with Gasteiger partial charge in [-0.2, -0.15) is 0 Å². The number of allylic oxidation sites excluding steroid dienone is 6. The largest absolute Gasteiger partial charge is 0.393 e. The van der Waals surface area contributed by atoms with Gasteiger partial charge in [-0.1, -0.05) is 28.9 Å². The van der Waals surface area contributed by atoms with E-state index in [0.717, 1.165) is 36.8 Å². The first-order valence-electron chi connectivity index (χ1n) is 7.48. The summed E-state index contributed by atoms with van der Waals surface area (Å²) in [6.07, 6.45) is 10.1. The van der Waals surface area contributed by atoms with E-state index < -0.39 is 0 Å². The van der Waals surface area contributed by atoms with Crippen LogP contribution in [0.5, 0.6) is 0 Å². The van der Waals surface area contributed by atoms with E-state index in [1.54, 1.807) is 6.08 Å². The molecule has 20 heavy (non-hydrogen) atoms. The third-order valence-corrected chi connectivity index (χ3v) is 3.01. The van der Waals surface area contributed by atoms with Gasteiger partial charge in [-0.15, -0.1) is 0 Å². The number of carbonyl (C=O) groups excluding carboxylic acids is 1. The Morgan fingerprint density at radius 3 is 2.20 bits per heavy atom. The number of aliphatic hydroxyl groups is 1. The second-order valence-corrected chi connectivity index (χ2v) is 5.93. The predicted molar refractivity (Wildman–Crippen MR) is 86.7 cm³/mol. The van der Waals surface area contributed by atoms with E-state index >= 15 is 0 Å². The van der Waals surface area contributed by atoms with Crippen molar-refractivity contribution in [2.45, 2.75) is 72.8 Å². The first-order chi connectivity index (χ1) is 9.31. The summed E-state index contributed by atoms with van der Waals surface area (Å²) in [6, 6.07) is 0. The van der Waals surface area contributed by atoms with Gasteiger partial charge in [0.05, 0.1) is 6.10 Å². The molecule has 0 aliphatic heterocycles. The molecule has 0 amide bonds. The van der Waals surface area contributed by atoms with Crippen LogP contribution in [0.15, 0.2) is 34.9 Å². The van der Waals surface area contributed by atoms with E-state index in [1.807, 2.05) is 27.7 Å². The molecule has 0 fully saturated rings. The third-order valence-electron chi connectivity index (χ3n) is 3.01. The van der Waals surface area contributed by atoms with Gasteiger partial charge in [0.15, 0.2) is 5.78 Å². The van der Waals surface area contributed by atoms with Crippen molar-refractivity contribution in [3.05, 3.63) is 34.9 Å². The second-order valence-electron chi connectivity index (χ2n) is 5.93. The summed E-state index contributed by atoms with van der Waals surface area (Å²) in [4.78, 5) is 11.6. The van der Waals surface area contributed by atoms with E-state index in [1.165, 1.54) is 5.57 Å². The highest BCUT2D eigenvalue weighted by atomic mass is 16.3. The van der Waals surface area contributed by atoms with Gasteiger partial charge in [-0.05, 0) is 66.4 Å². The predicted octanol–water partition coefficient (Wildman–Crippen LogP) is 4.75. The molecular formula is C18H30O2. The Morgan fingerprint density at radius 1 is 1.05 bits per heavy atom. The third kappa shape index (κ3) is 11.9. The van der Waals surface area contributed by atoms with Crippen molar-refractivity contribution in [1.29, 1.82) is 0 Å². The summed E-state index contributed by atoms with van der Waals surface area (Å²) in [5, 5.41) is 9.18. The molecule has 1 N–H and O–H groups in total. The zero-order valence-electron chi connectivity index (χ0n) is 13.7. The topological polar surface area (TPSA) is 37.3 Å². The SMILES string of the molecule is CC(C)=CC(=O)C/C(C)=C/CC/C(C)=C/CC[C@H](C)O. The van der Waals surface area contributed by atoms with Crippen LogP contribution in [0.25, 0.3) is 0 Å². The number of carbonyl (C=O) groups is 1. The van der Waals surface area contributed by atoms with Crippen LogP contribution in [0, 0.1) is 0 Å². The van der Waals surface area contributed by atoms with E-state index in [0.29, 0.717) is 6.42 Å². The zero-order chi connectivity index (χ0) is 15.5. The number of hydrogen-bond donors (Lipinski definition) is 1. The first kappa shape index (κ1) is 18.9. The molecule has 0 saturated heterocycles. The maximum atomic E-state index is 11.6. The lowest BCUT2D eigenvalue weighted by molar-refractivity contribution is -0.114. The van der Waals surface area contributed by atoms with Gasteiger partial charge in [-0.25, -0.2) is 0 Å². The van der Waals surface area contributed by atoms with Crippen LogP contribution in [0.1, 0.15) is 66.7 Å². The van der Waals surface area contributed by atoms with E-state index in [-0.39, 0.29) is 11.9 Å². The van der Waals surface area contributed by atoms with Crippen molar-refractivity contribution in [2.75, 3.05) is 0 Å². The van der Waals surface area contributed by atoms with Crippen molar-refractivity contribution in [2.24, 2.45) is 0 Å². The summed E-state index contributed by atoms with van der Waals surface area (Å²) >= 11 is 0. The minimum Gasteiger partial charge on any atom is -0.393 e. The van der Waals surface area contributed by atoms with E-state index in [2.05, 4.69) is 19.1 Å². The summed E-state index contributed by atoms with van der Waals surface area (Å²) in [5.41, 5.74) is 3.55. The Balaban J connectivity index is 4.04. The molecule has 0 aromatic heterocycles. The fourth-order valence-electron chi connectivity index (χ4n) is 1.94. The summed E-state index contributed by atoms with van der Waals surface area (Å²) in [5.74, 6) is 0.183. The molecule has 1 atom stereocenters. The van der Waals surface area contributed by atoms with Gasteiger partial charge in [0.2, 0.25) is 0 Å². The lowest BCUT2D eigenvalue weighted by Crippen LogP contribution is -1.97. The summed E-state index contributed by atoms with van der Waals surface area (Å²) < 4.78 is 0. The van der Waals surface area contributed by atoms with Gasteiger partial charge in [0.1, 0.15) is 0 Å². The molecule has 0 bridgehead atoms. The minimum atomic E-state index is -0.220. The Hall–Kier alpha value is -1.15. The second kappa shape index (κ2) is 10.6. The highest BCUT2D eigenvalue weighted by molar-refractivity contribution is 5.91. The molecule has 0 aliphatic rings. The van der Waals surface area contributed by atoms with Crippen molar-refractivity contribution >= 4 is 5.78 Å².